The molecule has 0 aromatic rings. The van der Waals surface area contributed by atoms with Crippen molar-refractivity contribution in [3.05, 3.63) is 0 Å². The Bertz CT molecular complexity index is 170. The third-order valence-corrected chi connectivity index (χ3v) is 1.64. The van der Waals surface area contributed by atoms with Crippen LogP contribution in [0.15, 0.2) is 0 Å². The highest BCUT2D eigenvalue weighted by Gasteiger charge is 2.20. The minimum absolute atomic E-state index is 0.120. The Morgan fingerprint density at radius 3 is 1.64 bits per heavy atom. The molecule has 5 heteroatoms. The first-order chi connectivity index (χ1) is 6.34. The molecule has 14 heavy (non-hydrogen) atoms. The van der Waals surface area contributed by atoms with Crippen molar-refractivity contribution in [1.82, 2.24) is 4.90 Å². The fraction of sp³-hybridized carbons (Fsp3) is 0.889. The maximum Gasteiger partial charge on any atom is 0.251 e. The van der Waals surface area contributed by atoms with Crippen LogP contribution >= 0.6 is 0 Å². The van der Waals surface area contributed by atoms with Gasteiger partial charge in [-0.2, -0.15) is 0 Å². The molecular formula is C9H19NO4. The van der Waals surface area contributed by atoms with E-state index in [-0.39, 0.29) is 13.1 Å². The number of hydrogen-bond acceptors (Lipinski definition) is 4. The topological polar surface area (TPSA) is 81.0 Å². The van der Waals surface area contributed by atoms with Crippen LogP contribution in [0.5, 0.6) is 0 Å². The zero-order valence-electron chi connectivity index (χ0n) is 8.84. The van der Waals surface area contributed by atoms with Gasteiger partial charge < -0.3 is 20.2 Å². The summed E-state index contributed by atoms with van der Waals surface area (Å²) in [6, 6.07) is 0. The summed E-state index contributed by atoms with van der Waals surface area (Å²) in [5.41, 5.74) is 0. The second-order valence-corrected chi connectivity index (χ2v) is 3.62. The van der Waals surface area contributed by atoms with Gasteiger partial charge >= 0.3 is 0 Å². The molecule has 0 spiro atoms. The molecule has 84 valence electrons. The zero-order valence-corrected chi connectivity index (χ0v) is 8.84. The molecule has 0 aliphatic rings. The van der Waals surface area contributed by atoms with Gasteiger partial charge in [-0.3, -0.25) is 4.79 Å². The normalized spacial score (nSPS) is 17.3. The van der Waals surface area contributed by atoms with E-state index in [9.17, 15) is 4.79 Å². The minimum Gasteiger partial charge on any atom is -0.392 e. The van der Waals surface area contributed by atoms with E-state index < -0.39 is 24.2 Å². The highest BCUT2D eigenvalue weighted by Crippen LogP contribution is 1.99. The van der Waals surface area contributed by atoms with E-state index in [1.54, 1.807) is 13.8 Å². The number of rotatable bonds is 5. The highest BCUT2D eigenvalue weighted by atomic mass is 16.3. The average Bonchev–Trinajstić information content (AvgIpc) is 1.99. The molecule has 5 nitrogen and oxygen atoms in total. The van der Waals surface area contributed by atoms with Gasteiger partial charge in [-0.1, -0.05) is 0 Å². The first-order valence-corrected chi connectivity index (χ1v) is 4.67. The fourth-order valence-electron chi connectivity index (χ4n) is 1.16. The van der Waals surface area contributed by atoms with Crippen LogP contribution in [0, 0.1) is 0 Å². The molecule has 3 N–H and O–H groups in total. The number of aliphatic hydroxyl groups excluding tert-OH is 3. The van der Waals surface area contributed by atoms with Gasteiger partial charge in [0.05, 0.1) is 12.2 Å². The third kappa shape index (κ3) is 5.16. The lowest BCUT2D eigenvalue weighted by Gasteiger charge is -2.26. The number of aliphatic hydroxyl groups is 3. The first kappa shape index (κ1) is 13.4. The van der Waals surface area contributed by atoms with Crippen LogP contribution in [-0.4, -0.2) is 57.5 Å². The summed E-state index contributed by atoms with van der Waals surface area (Å²) < 4.78 is 0. The summed E-state index contributed by atoms with van der Waals surface area (Å²) in [6.45, 7) is 4.69. The van der Waals surface area contributed by atoms with Crippen molar-refractivity contribution in [2.45, 2.75) is 39.1 Å². The van der Waals surface area contributed by atoms with Crippen LogP contribution in [0.1, 0.15) is 20.8 Å². The van der Waals surface area contributed by atoms with Gasteiger partial charge in [0.1, 0.15) is 6.10 Å². The molecular weight excluding hydrogens is 186 g/mol. The summed E-state index contributed by atoms with van der Waals surface area (Å²) in [4.78, 5) is 12.6. The summed E-state index contributed by atoms with van der Waals surface area (Å²) in [5.74, 6) is -0.480. The lowest BCUT2D eigenvalue weighted by atomic mass is 10.2. The Kier molecular flexibility index (Phi) is 5.68. The van der Waals surface area contributed by atoms with Crippen molar-refractivity contribution in [3.8, 4) is 0 Å². The van der Waals surface area contributed by atoms with Gasteiger partial charge in [-0.15, -0.1) is 0 Å². The maximum absolute atomic E-state index is 11.4. The van der Waals surface area contributed by atoms with E-state index >= 15 is 0 Å². The van der Waals surface area contributed by atoms with E-state index in [4.69, 9.17) is 15.3 Å². The van der Waals surface area contributed by atoms with Crippen molar-refractivity contribution >= 4 is 5.91 Å². The van der Waals surface area contributed by atoms with Crippen LogP contribution in [-0.2, 0) is 4.79 Å². The summed E-state index contributed by atoms with van der Waals surface area (Å²) in [6.07, 6.45) is -2.44. The summed E-state index contributed by atoms with van der Waals surface area (Å²) in [5, 5.41) is 27.3. The Balaban J connectivity index is 4.31. The van der Waals surface area contributed by atoms with Crippen molar-refractivity contribution in [2.24, 2.45) is 0 Å². The average molecular weight is 205 g/mol. The second-order valence-electron chi connectivity index (χ2n) is 3.62. The standard InChI is InChI=1S/C9H19NO4/c1-6(11)4-10(5-7(2)12)9(14)8(3)13/h6-8,11-13H,4-5H2,1-3H3. The zero-order chi connectivity index (χ0) is 11.3. The fourth-order valence-corrected chi connectivity index (χ4v) is 1.16. The molecule has 0 saturated carbocycles. The lowest BCUT2D eigenvalue weighted by molar-refractivity contribution is -0.141. The van der Waals surface area contributed by atoms with Crippen LogP contribution < -0.4 is 0 Å². The van der Waals surface area contributed by atoms with E-state index in [1.165, 1.54) is 11.8 Å². The van der Waals surface area contributed by atoms with Gasteiger partial charge in [-0.05, 0) is 20.8 Å². The molecule has 0 saturated heterocycles. The number of carbonyl (C=O) groups is 1. The van der Waals surface area contributed by atoms with Gasteiger partial charge in [0.15, 0.2) is 0 Å². The second kappa shape index (κ2) is 5.95. The molecule has 0 bridgehead atoms. The molecule has 1 amide bonds. The Labute approximate surface area is 84.0 Å². The van der Waals surface area contributed by atoms with Crippen molar-refractivity contribution in [1.29, 1.82) is 0 Å². The monoisotopic (exact) mass is 205 g/mol. The Morgan fingerprint density at radius 2 is 1.43 bits per heavy atom. The lowest BCUT2D eigenvalue weighted by Crippen LogP contribution is -2.44. The third-order valence-electron chi connectivity index (χ3n) is 1.64. The molecule has 0 aromatic heterocycles. The quantitative estimate of drug-likeness (QED) is 0.535. The minimum atomic E-state index is -1.10. The van der Waals surface area contributed by atoms with Crippen LogP contribution in [0.2, 0.25) is 0 Å². The summed E-state index contributed by atoms with van der Waals surface area (Å²) >= 11 is 0. The van der Waals surface area contributed by atoms with E-state index in [1.807, 2.05) is 0 Å². The Morgan fingerprint density at radius 1 is 1.07 bits per heavy atom. The molecule has 3 atom stereocenters. The smallest absolute Gasteiger partial charge is 0.251 e. The van der Waals surface area contributed by atoms with Crippen LogP contribution in [0.4, 0.5) is 0 Å². The SMILES string of the molecule is CC(O)CN(CC(C)O)C(=O)C(C)O. The number of amides is 1. The van der Waals surface area contributed by atoms with Crippen LogP contribution in [0.3, 0.4) is 0 Å². The van der Waals surface area contributed by atoms with Crippen molar-refractivity contribution in [2.75, 3.05) is 13.1 Å². The molecule has 0 aliphatic heterocycles. The molecule has 0 radical (unpaired) electrons. The maximum atomic E-state index is 11.4. The van der Waals surface area contributed by atoms with E-state index in [0.717, 1.165) is 0 Å². The molecule has 0 rings (SSSR count). The molecule has 3 unspecified atom stereocenters. The van der Waals surface area contributed by atoms with E-state index in [0.29, 0.717) is 0 Å². The number of nitrogens with zero attached hydrogens (tertiary/aromatic N) is 1. The van der Waals surface area contributed by atoms with Crippen molar-refractivity contribution < 1.29 is 20.1 Å². The predicted octanol–water partition coefficient (Wildman–Crippen LogP) is -1.04. The largest absolute Gasteiger partial charge is 0.392 e. The van der Waals surface area contributed by atoms with Crippen LogP contribution in [0.25, 0.3) is 0 Å². The number of hydrogen-bond donors (Lipinski definition) is 3. The summed E-state index contributed by atoms with van der Waals surface area (Å²) in [7, 11) is 0. The number of carbonyl (C=O) groups excluding carboxylic acids is 1. The van der Waals surface area contributed by atoms with Gasteiger partial charge in [0.2, 0.25) is 0 Å². The van der Waals surface area contributed by atoms with Gasteiger partial charge in [0.25, 0.3) is 5.91 Å². The Hall–Kier alpha value is -0.650. The highest BCUT2D eigenvalue weighted by molar-refractivity contribution is 5.80. The van der Waals surface area contributed by atoms with Crippen molar-refractivity contribution in [3.63, 3.8) is 0 Å². The van der Waals surface area contributed by atoms with E-state index in [2.05, 4.69) is 0 Å². The molecule has 0 fully saturated rings. The van der Waals surface area contributed by atoms with Gasteiger partial charge in [-0.25, -0.2) is 0 Å². The molecule has 0 aromatic carbocycles. The predicted molar refractivity (Wildman–Crippen MR) is 51.6 cm³/mol. The molecule has 0 aliphatic carbocycles. The molecule has 0 heterocycles. The van der Waals surface area contributed by atoms with Gasteiger partial charge in [0, 0.05) is 13.1 Å². The first-order valence-electron chi connectivity index (χ1n) is 4.67.